The smallest absolute Gasteiger partial charge is 0.244 e. The molecule has 0 saturated carbocycles. The Balaban J connectivity index is 2.08. The van der Waals surface area contributed by atoms with Crippen molar-refractivity contribution in [2.24, 2.45) is 0 Å². The Morgan fingerprint density at radius 2 is 1.73 bits per heavy atom. The van der Waals surface area contributed by atoms with E-state index in [4.69, 9.17) is 14.2 Å². The van der Waals surface area contributed by atoms with Crippen LogP contribution in [0.3, 0.4) is 0 Å². The second-order valence-electron chi connectivity index (χ2n) is 5.57. The van der Waals surface area contributed by atoms with Gasteiger partial charge in [0, 0.05) is 11.6 Å². The standard InChI is InChI=1S/C20H22FNO4/c1-13(16-12-15(24-2)7-9-18(16)25-3)22-20(23)10-6-14-5-8-19(26-4)17(21)11-14/h5-13H,1-4H3,(H,22,23)/b10-6+/t13-/m0/s1. The van der Waals surface area contributed by atoms with Crippen molar-refractivity contribution in [2.75, 3.05) is 21.3 Å². The lowest BCUT2D eigenvalue weighted by Gasteiger charge is -2.17. The van der Waals surface area contributed by atoms with Gasteiger partial charge in [-0.15, -0.1) is 0 Å². The van der Waals surface area contributed by atoms with Gasteiger partial charge >= 0.3 is 0 Å². The van der Waals surface area contributed by atoms with E-state index in [1.165, 1.54) is 31.4 Å². The summed E-state index contributed by atoms with van der Waals surface area (Å²) >= 11 is 0. The van der Waals surface area contributed by atoms with Crippen LogP contribution >= 0.6 is 0 Å². The summed E-state index contributed by atoms with van der Waals surface area (Å²) < 4.78 is 29.1. The van der Waals surface area contributed by atoms with Crippen molar-refractivity contribution in [1.82, 2.24) is 5.32 Å². The van der Waals surface area contributed by atoms with Crippen LogP contribution in [-0.4, -0.2) is 27.2 Å². The van der Waals surface area contributed by atoms with Gasteiger partial charge in [-0.05, 0) is 48.9 Å². The first-order chi connectivity index (χ1) is 12.5. The number of methoxy groups -OCH3 is 3. The summed E-state index contributed by atoms with van der Waals surface area (Å²) in [4.78, 5) is 12.2. The van der Waals surface area contributed by atoms with Gasteiger partial charge < -0.3 is 19.5 Å². The van der Waals surface area contributed by atoms with Crippen LogP contribution in [0.4, 0.5) is 4.39 Å². The topological polar surface area (TPSA) is 56.8 Å². The number of nitrogens with one attached hydrogen (secondary N) is 1. The van der Waals surface area contributed by atoms with Gasteiger partial charge in [-0.2, -0.15) is 0 Å². The maximum Gasteiger partial charge on any atom is 0.244 e. The quantitative estimate of drug-likeness (QED) is 0.765. The lowest BCUT2D eigenvalue weighted by molar-refractivity contribution is -0.117. The van der Waals surface area contributed by atoms with Gasteiger partial charge in [0.15, 0.2) is 11.6 Å². The molecule has 2 aromatic carbocycles. The Labute approximate surface area is 152 Å². The van der Waals surface area contributed by atoms with E-state index in [2.05, 4.69) is 5.32 Å². The van der Waals surface area contributed by atoms with Crippen molar-refractivity contribution in [3.63, 3.8) is 0 Å². The van der Waals surface area contributed by atoms with Crippen molar-refractivity contribution in [3.05, 3.63) is 59.4 Å². The average molecular weight is 359 g/mol. The number of ether oxygens (including phenoxy) is 3. The fraction of sp³-hybridized carbons (Fsp3) is 0.250. The summed E-state index contributed by atoms with van der Waals surface area (Å²) in [5.74, 6) is 0.694. The number of halogens is 1. The highest BCUT2D eigenvalue weighted by Crippen LogP contribution is 2.29. The van der Waals surface area contributed by atoms with Crippen molar-refractivity contribution in [1.29, 1.82) is 0 Å². The molecule has 0 unspecified atom stereocenters. The second-order valence-corrected chi connectivity index (χ2v) is 5.57. The largest absolute Gasteiger partial charge is 0.497 e. The molecule has 26 heavy (non-hydrogen) atoms. The number of hydrogen-bond acceptors (Lipinski definition) is 4. The van der Waals surface area contributed by atoms with Gasteiger partial charge in [0.25, 0.3) is 0 Å². The minimum absolute atomic E-state index is 0.158. The molecule has 0 heterocycles. The zero-order valence-corrected chi connectivity index (χ0v) is 15.2. The van der Waals surface area contributed by atoms with Crippen molar-refractivity contribution < 1.29 is 23.4 Å². The zero-order valence-electron chi connectivity index (χ0n) is 15.2. The minimum Gasteiger partial charge on any atom is -0.497 e. The summed E-state index contributed by atoms with van der Waals surface area (Å²) in [5, 5.41) is 2.85. The van der Waals surface area contributed by atoms with Gasteiger partial charge in [0.2, 0.25) is 5.91 Å². The van der Waals surface area contributed by atoms with Crippen LogP contribution in [-0.2, 0) is 4.79 Å². The number of carbonyl (C=O) groups excluding carboxylic acids is 1. The third-order valence-corrected chi connectivity index (χ3v) is 3.87. The molecule has 2 aromatic rings. The van der Waals surface area contributed by atoms with E-state index in [0.717, 1.165) is 5.56 Å². The summed E-state index contributed by atoms with van der Waals surface area (Å²) in [6.45, 7) is 1.84. The Bertz CT molecular complexity index is 804. The Kier molecular flexibility index (Phi) is 6.60. The summed E-state index contributed by atoms with van der Waals surface area (Å²) in [7, 11) is 4.54. The molecular formula is C20H22FNO4. The third kappa shape index (κ3) is 4.75. The lowest BCUT2D eigenvalue weighted by Crippen LogP contribution is -2.25. The molecule has 2 rings (SSSR count). The van der Waals surface area contributed by atoms with Gasteiger partial charge in [0.05, 0.1) is 27.4 Å². The molecule has 5 nitrogen and oxygen atoms in total. The molecule has 6 heteroatoms. The molecule has 0 saturated heterocycles. The summed E-state index contributed by atoms with van der Waals surface area (Å²) in [6.07, 6.45) is 2.89. The highest BCUT2D eigenvalue weighted by Gasteiger charge is 2.14. The monoisotopic (exact) mass is 359 g/mol. The number of amides is 1. The maximum absolute atomic E-state index is 13.7. The minimum atomic E-state index is -0.482. The Hall–Kier alpha value is -3.02. The van der Waals surface area contributed by atoms with E-state index in [-0.39, 0.29) is 17.7 Å². The van der Waals surface area contributed by atoms with Crippen LogP contribution in [0.15, 0.2) is 42.5 Å². The Morgan fingerprint density at radius 1 is 1.04 bits per heavy atom. The summed E-state index contributed by atoms with van der Waals surface area (Å²) in [5.41, 5.74) is 1.36. The van der Waals surface area contributed by atoms with E-state index in [9.17, 15) is 9.18 Å². The van der Waals surface area contributed by atoms with Gasteiger partial charge in [-0.3, -0.25) is 4.79 Å². The highest BCUT2D eigenvalue weighted by molar-refractivity contribution is 5.92. The van der Waals surface area contributed by atoms with Crippen LogP contribution in [0, 0.1) is 5.82 Å². The SMILES string of the molecule is COc1ccc(OC)c([C@H](C)NC(=O)/C=C/c2ccc(OC)c(F)c2)c1. The molecular weight excluding hydrogens is 337 g/mol. The highest BCUT2D eigenvalue weighted by atomic mass is 19.1. The van der Waals surface area contributed by atoms with Crippen molar-refractivity contribution in [3.8, 4) is 17.2 Å². The van der Waals surface area contributed by atoms with Crippen molar-refractivity contribution in [2.45, 2.75) is 13.0 Å². The number of benzene rings is 2. The van der Waals surface area contributed by atoms with Crippen LogP contribution in [0.25, 0.3) is 6.08 Å². The van der Waals surface area contributed by atoms with E-state index in [1.807, 2.05) is 13.0 Å². The van der Waals surface area contributed by atoms with Crippen molar-refractivity contribution >= 4 is 12.0 Å². The summed E-state index contributed by atoms with van der Waals surface area (Å²) in [6, 6.07) is 9.56. The van der Waals surface area contributed by atoms with Gasteiger partial charge in [0.1, 0.15) is 11.5 Å². The molecule has 0 aliphatic carbocycles. The first-order valence-electron chi connectivity index (χ1n) is 8.02. The molecule has 1 atom stereocenters. The molecule has 1 amide bonds. The normalized spacial score (nSPS) is 11.9. The molecule has 0 bridgehead atoms. The predicted octanol–water partition coefficient (Wildman–Crippen LogP) is 3.74. The number of carbonyl (C=O) groups is 1. The van der Waals surface area contributed by atoms with Crippen LogP contribution in [0.5, 0.6) is 17.2 Å². The first-order valence-corrected chi connectivity index (χ1v) is 8.02. The van der Waals surface area contributed by atoms with E-state index < -0.39 is 5.82 Å². The van der Waals surface area contributed by atoms with Crippen LogP contribution in [0.2, 0.25) is 0 Å². The molecule has 0 fully saturated rings. The lowest BCUT2D eigenvalue weighted by atomic mass is 10.1. The average Bonchev–Trinajstić information content (AvgIpc) is 2.65. The van der Waals surface area contributed by atoms with Crippen LogP contribution < -0.4 is 19.5 Å². The third-order valence-electron chi connectivity index (χ3n) is 3.87. The maximum atomic E-state index is 13.7. The molecule has 0 aliphatic heterocycles. The zero-order chi connectivity index (χ0) is 19.1. The predicted molar refractivity (Wildman–Crippen MR) is 98.1 cm³/mol. The molecule has 0 spiro atoms. The van der Waals surface area contributed by atoms with Gasteiger partial charge in [-0.25, -0.2) is 4.39 Å². The number of hydrogen-bond donors (Lipinski definition) is 1. The van der Waals surface area contributed by atoms with E-state index in [1.54, 1.807) is 32.4 Å². The fourth-order valence-electron chi connectivity index (χ4n) is 2.48. The second kappa shape index (κ2) is 8.89. The first kappa shape index (κ1) is 19.3. The number of rotatable bonds is 7. The Morgan fingerprint density at radius 3 is 2.35 bits per heavy atom. The fourth-order valence-corrected chi connectivity index (χ4v) is 2.48. The van der Waals surface area contributed by atoms with Crippen LogP contribution in [0.1, 0.15) is 24.1 Å². The van der Waals surface area contributed by atoms with Gasteiger partial charge in [-0.1, -0.05) is 6.07 Å². The molecule has 0 aromatic heterocycles. The molecule has 1 N–H and O–H groups in total. The molecule has 138 valence electrons. The van der Waals surface area contributed by atoms with E-state index >= 15 is 0 Å². The molecule has 0 aliphatic rings. The van der Waals surface area contributed by atoms with E-state index in [0.29, 0.717) is 17.1 Å². The molecule has 0 radical (unpaired) electrons.